The van der Waals surface area contributed by atoms with Gasteiger partial charge in [0.25, 0.3) is 0 Å². The van der Waals surface area contributed by atoms with Gasteiger partial charge in [-0.25, -0.2) is 0 Å². The van der Waals surface area contributed by atoms with Crippen LogP contribution in [0.3, 0.4) is 0 Å². The van der Waals surface area contributed by atoms with E-state index in [0.717, 1.165) is 24.5 Å². The Morgan fingerprint density at radius 2 is 1.65 bits per heavy atom. The molecule has 1 aromatic rings. The first-order valence-electron chi connectivity index (χ1n) is 7.28. The fourth-order valence-corrected chi connectivity index (χ4v) is 3.83. The summed E-state index contributed by atoms with van der Waals surface area (Å²) < 4.78 is 0. The molecule has 0 saturated heterocycles. The molecule has 1 heterocycles. The zero-order chi connectivity index (χ0) is 15.0. The molecule has 0 amide bonds. The van der Waals surface area contributed by atoms with E-state index in [1.54, 1.807) is 0 Å². The Balaban J connectivity index is 2.15. The van der Waals surface area contributed by atoms with Crippen molar-refractivity contribution in [3.05, 3.63) is 6.07 Å². The summed E-state index contributed by atoms with van der Waals surface area (Å²) in [6.45, 7) is 9.37. The molecule has 1 fully saturated rings. The van der Waals surface area contributed by atoms with Gasteiger partial charge < -0.3 is 16.4 Å². The summed E-state index contributed by atoms with van der Waals surface area (Å²) in [4.78, 5) is 8.41. The number of nitrogens with two attached hydrogens (primary N) is 1. The SMILES string of the molecule is CNc1cc(NC2CC(C)(C)CC(C)(C)C2)nc(N)n1. The number of nitrogens with zero attached hydrogens (tertiary/aromatic N) is 2. The minimum atomic E-state index is 0.300. The molecule has 0 atom stereocenters. The number of aromatic nitrogens is 2. The van der Waals surface area contributed by atoms with Crippen LogP contribution in [0.25, 0.3) is 0 Å². The van der Waals surface area contributed by atoms with Crippen molar-refractivity contribution in [3.8, 4) is 0 Å². The highest BCUT2D eigenvalue weighted by Gasteiger charge is 2.38. The molecule has 0 bridgehead atoms. The Morgan fingerprint density at radius 1 is 1.10 bits per heavy atom. The highest BCUT2D eigenvalue weighted by molar-refractivity contribution is 5.51. The summed E-state index contributed by atoms with van der Waals surface area (Å²) in [5.74, 6) is 1.85. The second kappa shape index (κ2) is 5.11. The molecule has 1 aliphatic rings. The fraction of sp³-hybridized carbons (Fsp3) is 0.733. The molecule has 0 aliphatic heterocycles. The lowest BCUT2D eigenvalue weighted by Crippen LogP contribution is -2.40. The summed E-state index contributed by atoms with van der Waals surface area (Å²) >= 11 is 0. The maximum absolute atomic E-state index is 5.74. The van der Waals surface area contributed by atoms with Gasteiger partial charge >= 0.3 is 0 Å². The monoisotopic (exact) mass is 277 g/mol. The van der Waals surface area contributed by atoms with Crippen molar-refractivity contribution in [1.82, 2.24) is 9.97 Å². The van der Waals surface area contributed by atoms with Crippen LogP contribution in [0.2, 0.25) is 0 Å². The second-order valence-corrected chi connectivity index (χ2v) is 7.50. The van der Waals surface area contributed by atoms with Crippen LogP contribution in [0.15, 0.2) is 6.07 Å². The van der Waals surface area contributed by atoms with Crippen LogP contribution >= 0.6 is 0 Å². The highest BCUT2D eigenvalue weighted by Crippen LogP contribution is 2.46. The largest absolute Gasteiger partial charge is 0.373 e. The summed E-state index contributed by atoms with van der Waals surface area (Å²) in [6, 6.07) is 2.33. The van der Waals surface area contributed by atoms with Gasteiger partial charge in [0.15, 0.2) is 0 Å². The predicted octanol–water partition coefficient (Wildman–Crippen LogP) is 3.12. The van der Waals surface area contributed by atoms with E-state index in [1.165, 1.54) is 6.42 Å². The second-order valence-electron chi connectivity index (χ2n) is 7.50. The smallest absolute Gasteiger partial charge is 0.223 e. The molecular weight excluding hydrogens is 250 g/mol. The Kier molecular flexibility index (Phi) is 3.80. The van der Waals surface area contributed by atoms with E-state index in [4.69, 9.17) is 5.73 Å². The molecule has 0 radical (unpaired) electrons. The van der Waals surface area contributed by atoms with Crippen LogP contribution in [0, 0.1) is 10.8 Å². The van der Waals surface area contributed by atoms with Gasteiger partial charge in [-0.15, -0.1) is 0 Å². The zero-order valence-corrected chi connectivity index (χ0v) is 13.2. The van der Waals surface area contributed by atoms with Crippen molar-refractivity contribution in [2.45, 2.75) is 53.0 Å². The molecule has 0 unspecified atom stereocenters. The maximum Gasteiger partial charge on any atom is 0.223 e. The van der Waals surface area contributed by atoms with Crippen molar-refractivity contribution < 1.29 is 0 Å². The summed E-state index contributed by atoms with van der Waals surface area (Å²) in [6.07, 6.45) is 3.55. The van der Waals surface area contributed by atoms with Gasteiger partial charge in [-0.3, -0.25) is 0 Å². The van der Waals surface area contributed by atoms with Gasteiger partial charge in [0.05, 0.1) is 0 Å². The fourth-order valence-electron chi connectivity index (χ4n) is 3.83. The third kappa shape index (κ3) is 3.74. The molecule has 1 aromatic heterocycles. The minimum Gasteiger partial charge on any atom is -0.373 e. The lowest BCUT2D eigenvalue weighted by atomic mass is 9.63. The third-order valence-corrected chi connectivity index (χ3v) is 3.91. The molecule has 20 heavy (non-hydrogen) atoms. The van der Waals surface area contributed by atoms with Gasteiger partial charge in [-0.1, -0.05) is 27.7 Å². The van der Waals surface area contributed by atoms with Gasteiger partial charge in [-0.2, -0.15) is 9.97 Å². The summed E-state index contributed by atoms with van der Waals surface area (Å²) in [5, 5.41) is 6.54. The molecular formula is C15H27N5. The molecule has 5 nitrogen and oxygen atoms in total. The molecule has 2 rings (SSSR count). The van der Waals surface area contributed by atoms with E-state index in [2.05, 4.69) is 48.3 Å². The van der Waals surface area contributed by atoms with Gasteiger partial charge in [0, 0.05) is 19.2 Å². The Bertz CT molecular complexity index is 465. The molecule has 4 N–H and O–H groups in total. The molecule has 1 saturated carbocycles. The van der Waals surface area contributed by atoms with Crippen molar-refractivity contribution in [1.29, 1.82) is 0 Å². The Labute approximate surface area is 121 Å². The van der Waals surface area contributed by atoms with Gasteiger partial charge in [0.1, 0.15) is 11.6 Å². The first kappa shape index (κ1) is 14.9. The standard InChI is InChI=1S/C15H27N5/c1-14(2)7-10(8-15(3,4)9-14)18-12-6-11(17-5)19-13(16)20-12/h6,10H,7-9H2,1-5H3,(H4,16,17,18,19,20). The van der Waals surface area contributed by atoms with Crippen LogP contribution in [-0.4, -0.2) is 23.1 Å². The van der Waals surface area contributed by atoms with Crippen LogP contribution in [0.5, 0.6) is 0 Å². The van der Waals surface area contributed by atoms with Crippen molar-refractivity contribution in [2.75, 3.05) is 23.4 Å². The Morgan fingerprint density at radius 3 is 2.20 bits per heavy atom. The van der Waals surface area contributed by atoms with Crippen LogP contribution in [-0.2, 0) is 0 Å². The van der Waals surface area contributed by atoms with E-state index in [1.807, 2.05) is 13.1 Å². The average Bonchev–Trinajstić information content (AvgIpc) is 2.23. The normalized spacial score (nSPS) is 21.4. The van der Waals surface area contributed by atoms with Gasteiger partial charge in [0.2, 0.25) is 5.95 Å². The minimum absolute atomic E-state index is 0.300. The van der Waals surface area contributed by atoms with Crippen LogP contribution in [0.4, 0.5) is 17.6 Å². The summed E-state index contributed by atoms with van der Waals surface area (Å²) in [7, 11) is 1.83. The number of hydrogen-bond donors (Lipinski definition) is 3. The van der Waals surface area contributed by atoms with E-state index in [-0.39, 0.29) is 0 Å². The number of nitrogens with one attached hydrogen (secondary N) is 2. The molecule has 112 valence electrons. The number of hydrogen-bond acceptors (Lipinski definition) is 5. The predicted molar refractivity (Wildman–Crippen MR) is 84.8 cm³/mol. The average molecular weight is 277 g/mol. The van der Waals surface area contributed by atoms with E-state index in [9.17, 15) is 0 Å². The van der Waals surface area contributed by atoms with Crippen molar-refractivity contribution >= 4 is 17.6 Å². The highest BCUT2D eigenvalue weighted by atomic mass is 15.1. The van der Waals surface area contributed by atoms with Crippen LogP contribution < -0.4 is 16.4 Å². The first-order chi connectivity index (χ1) is 9.19. The number of nitrogen functional groups attached to an aromatic ring is 1. The van der Waals surface area contributed by atoms with E-state index < -0.39 is 0 Å². The molecule has 0 spiro atoms. The lowest BCUT2D eigenvalue weighted by molar-refractivity contribution is 0.105. The number of rotatable bonds is 3. The van der Waals surface area contributed by atoms with Crippen LogP contribution in [0.1, 0.15) is 47.0 Å². The number of anilines is 3. The van der Waals surface area contributed by atoms with Crippen molar-refractivity contribution in [3.63, 3.8) is 0 Å². The molecule has 0 aromatic carbocycles. The molecule has 5 heteroatoms. The topological polar surface area (TPSA) is 75.9 Å². The lowest BCUT2D eigenvalue weighted by Gasteiger charge is -2.45. The van der Waals surface area contributed by atoms with Crippen molar-refractivity contribution in [2.24, 2.45) is 10.8 Å². The first-order valence-corrected chi connectivity index (χ1v) is 7.28. The third-order valence-electron chi connectivity index (χ3n) is 3.91. The summed E-state index contributed by atoms with van der Waals surface area (Å²) in [5.41, 5.74) is 6.45. The quantitative estimate of drug-likeness (QED) is 0.791. The van der Waals surface area contributed by atoms with E-state index >= 15 is 0 Å². The molecule has 1 aliphatic carbocycles. The zero-order valence-electron chi connectivity index (χ0n) is 13.2. The Hall–Kier alpha value is -1.52. The maximum atomic E-state index is 5.74. The van der Waals surface area contributed by atoms with Gasteiger partial charge in [-0.05, 0) is 30.1 Å². The van der Waals surface area contributed by atoms with E-state index in [0.29, 0.717) is 22.8 Å².